The number of nitrogens with zero attached hydrogens (tertiary/aromatic N) is 1. The van der Waals surface area contributed by atoms with Gasteiger partial charge in [-0.1, -0.05) is 35.9 Å². The second-order valence-electron chi connectivity index (χ2n) is 7.82. The molecule has 1 aromatic rings. The van der Waals surface area contributed by atoms with Crippen LogP contribution in [0.25, 0.3) is 0 Å². The summed E-state index contributed by atoms with van der Waals surface area (Å²) in [7, 11) is 0. The molecule has 0 saturated carbocycles. The summed E-state index contributed by atoms with van der Waals surface area (Å²) in [6, 6.07) is 3.12. The summed E-state index contributed by atoms with van der Waals surface area (Å²) in [6.45, 7) is 10.4. The Morgan fingerprint density at radius 3 is 2.54 bits per heavy atom. The lowest BCUT2D eigenvalue weighted by Crippen LogP contribution is -2.37. The number of ether oxygens (including phenoxy) is 2. The fraction of sp³-hybridized carbons (Fsp3) is 0.524. The minimum Gasteiger partial charge on any atom is -0.489 e. The molecule has 1 aromatic carbocycles. The summed E-state index contributed by atoms with van der Waals surface area (Å²) in [6.07, 6.45) is 3.21. The summed E-state index contributed by atoms with van der Waals surface area (Å²) in [5.41, 5.74) is -0.136. The monoisotopic (exact) mass is 427 g/mol. The van der Waals surface area contributed by atoms with Crippen LogP contribution in [0.4, 0.5) is 4.79 Å². The van der Waals surface area contributed by atoms with Crippen LogP contribution in [0.15, 0.2) is 24.8 Å². The van der Waals surface area contributed by atoms with Gasteiger partial charge in [0.05, 0.1) is 15.6 Å². The van der Waals surface area contributed by atoms with Gasteiger partial charge in [-0.3, -0.25) is 4.79 Å². The smallest absolute Gasteiger partial charge is 0.410 e. The van der Waals surface area contributed by atoms with Gasteiger partial charge in [-0.05, 0) is 46.1 Å². The van der Waals surface area contributed by atoms with Crippen LogP contribution >= 0.6 is 23.2 Å². The van der Waals surface area contributed by atoms with Crippen molar-refractivity contribution in [2.75, 3.05) is 19.7 Å². The fourth-order valence-electron chi connectivity index (χ4n) is 3.08. The van der Waals surface area contributed by atoms with Crippen LogP contribution in [0.1, 0.15) is 50.4 Å². The van der Waals surface area contributed by atoms with Gasteiger partial charge in [-0.25, -0.2) is 4.79 Å². The minimum atomic E-state index is -0.546. The highest BCUT2D eigenvalue weighted by Crippen LogP contribution is 2.34. The molecule has 154 valence electrons. The van der Waals surface area contributed by atoms with Crippen LogP contribution in [0.5, 0.6) is 5.75 Å². The summed E-state index contributed by atoms with van der Waals surface area (Å²) in [4.78, 5) is 27.2. The first-order chi connectivity index (χ1) is 13.1. The molecule has 1 aliphatic rings. The Hall–Kier alpha value is -1.72. The standard InChI is InChI=1S/C21H27Cl2NO4/c1-5-11-27-18-13-17(23)16(22)12-15(18)19(25)14-7-6-9-24(10-8-14)20(26)28-21(2,3)4/h5,12-14H,1,6-11H2,2-4H3. The number of rotatable bonds is 5. The number of hydrogen-bond donors (Lipinski definition) is 0. The Kier molecular flexibility index (Phi) is 7.79. The molecule has 0 aromatic heterocycles. The number of Topliss-reactive ketones (excluding diaryl/α,β-unsaturated/α-hetero) is 1. The van der Waals surface area contributed by atoms with Gasteiger partial charge in [-0.2, -0.15) is 0 Å². The molecule has 5 nitrogen and oxygen atoms in total. The van der Waals surface area contributed by atoms with Gasteiger partial charge in [0.25, 0.3) is 0 Å². The molecule has 1 unspecified atom stereocenters. The van der Waals surface area contributed by atoms with E-state index in [0.717, 1.165) is 6.42 Å². The number of hydrogen-bond acceptors (Lipinski definition) is 4. The first kappa shape index (κ1) is 22.6. The van der Waals surface area contributed by atoms with E-state index in [4.69, 9.17) is 32.7 Å². The molecule has 1 saturated heterocycles. The molecule has 0 radical (unpaired) electrons. The highest BCUT2D eigenvalue weighted by molar-refractivity contribution is 6.42. The average Bonchev–Trinajstić information content (AvgIpc) is 2.86. The molecule has 2 rings (SSSR count). The van der Waals surface area contributed by atoms with Crippen LogP contribution < -0.4 is 4.74 Å². The highest BCUT2D eigenvalue weighted by Gasteiger charge is 2.30. The SMILES string of the molecule is C=CCOc1cc(Cl)c(Cl)cc1C(=O)C1CCCN(C(=O)OC(C)(C)C)CC1. The van der Waals surface area contributed by atoms with Gasteiger partial charge >= 0.3 is 6.09 Å². The Morgan fingerprint density at radius 2 is 1.89 bits per heavy atom. The van der Waals surface area contributed by atoms with Crippen LogP contribution in [-0.2, 0) is 4.74 Å². The van der Waals surface area contributed by atoms with Crippen molar-refractivity contribution in [1.82, 2.24) is 4.90 Å². The van der Waals surface area contributed by atoms with Crippen LogP contribution in [0.3, 0.4) is 0 Å². The highest BCUT2D eigenvalue weighted by atomic mass is 35.5. The second kappa shape index (κ2) is 9.66. The molecule has 0 spiro atoms. The van der Waals surface area contributed by atoms with E-state index in [-0.39, 0.29) is 24.4 Å². The summed E-state index contributed by atoms with van der Waals surface area (Å²) in [5, 5.41) is 0.634. The summed E-state index contributed by atoms with van der Waals surface area (Å²) >= 11 is 12.2. The van der Waals surface area contributed by atoms with Gasteiger partial charge in [-0.15, -0.1) is 0 Å². The Morgan fingerprint density at radius 1 is 1.21 bits per heavy atom. The van der Waals surface area contributed by atoms with E-state index in [2.05, 4.69) is 6.58 Å². The lowest BCUT2D eigenvalue weighted by molar-refractivity contribution is 0.0254. The van der Waals surface area contributed by atoms with Crippen LogP contribution in [0, 0.1) is 5.92 Å². The predicted molar refractivity (Wildman–Crippen MR) is 112 cm³/mol. The van der Waals surface area contributed by atoms with Gasteiger partial charge in [0.2, 0.25) is 0 Å². The molecule has 1 fully saturated rings. The van der Waals surface area contributed by atoms with Crippen LogP contribution in [0.2, 0.25) is 10.0 Å². The zero-order valence-corrected chi connectivity index (χ0v) is 18.1. The number of amides is 1. The van der Waals surface area contributed by atoms with E-state index in [1.807, 2.05) is 20.8 Å². The second-order valence-corrected chi connectivity index (χ2v) is 8.64. The Labute approximate surface area is 176 Å². The Bertz CT molecular complexity index is 743. The zero-order chi connectivity index (χ0) is 20.9. The third kappa shape index (κ3) is 6.14. The number of benzene rings is 1. The molecular formula is C21H27Cl2NO4. The summed E-state index contributed by atoms with van der Waals surface area (Å²) in [5.74, 6) is 0.118. The van der Waals surface area contributed by atoms with E-state index < -0.39 is 5.60 Å². The molecule has 1 amide bonds. The van der Waals surface area contributed by atoms with Crippen molar-refractivity contribution >= 4 is 35.1 Å². The molecule has 1 aliphatic heterocycles. The van der Waals surface area contributed by atoms with Gasteiger partial charge < -0.3 is 14.4 Å². The van der Waals surface area contributed by atoms with E-state index in [1.54, 1.807) is 23.1 Å². The maximum absolute atomic E-state index is 13.2. The molecule has 1 atom stereocenters. The number of carbonyl (C=O) groups excluding carboxylic acids is 2. The zero-order valence-electron chi connectivity index (χ0n) is 16.6. The molecule has 1 heterocycles. The fourth-order valence-corrected chi connectivity index (χ4v) is 3.39. The number of ketones is 1. The normalized spacial score (nSPS) is 17.6. The average molecular weight is 428 g/mol. The lowest BCUT2D eigenvalue weighted by atomic mass is 9.91. The first-order valence-electron chi connectivity index (χ1n) is 9.37. The lowest BCUT2D eigenvalue weighted by Gasteiger charge is -2.26. The Balaban J connectivity index is 2.14. The van der Waals surface area contributed by atoms with E-state index in [1.165, 1.54) is 0 Å². The topological polar surface area (TPSA) is 55.8 Å². The third-order valence-electron chi connectivity index (χ3n) is 4.40. The van der Waals surface area contributed by atoms with E-state index in [9.17, 15) is 9.59 Å². The number of likely N-dealkylation sites (tertiary alicyclic amines) is 1. The first-order valence-corrected chi connectivity index (χ1v) is 10.1. The van der Waals surface area contributed by atoms with Gasteiger partial charge in [0.1, 0.15) is 18.0 Å². The van der Waals surface area contributed by atoms with Crippen molar-refractivity contribution in [3.8, 4) is 5.75 Å². The largest absolute Gasteiger partial charge is 0.489 e. The molecule has 7 heteroatoms. The third-order valence-corrected chi connectivity index (χ3v) is 5.12. The number of halogens is 2. The quantitative estimate of drug-likeness (QED) is 0.441. The van der Waals surface area contributed by atoms with Crippen molar-refractivity contribution in [2.24, 2.45) is 5.92 Å². The van der Waals surface area contributed by atoms with Gasteiger partial charge in [0, 0.05) is 25.1 Å². The van der Waals surface area contributed by atoms with Gasteiger partial charge in [0.15, 0.2) is 5.78 Å². The number of carbonyl (C=O) groups is 2. The minimum absolute atomic E-state index is 0.0522. The molecule has 0 N–H and O–H groups in total. The van der Waals surface area contributed by atoms with E-state index in [0.29, 0.717) is 47.3 Å². The van der Waals surface area contributed by atoms with Crippen molar-refractivity contribution in [1.29, 1.82) is 0 Å². The van der Waals surface area contributed by atoms with E-state index >= 15 is 0 Å². The van der Waals surface area contributed by atoms with Crippen LogP contribution in [-0.4, -0.2) is 42.1 Å². The maximum atomic E-state index is 13.2. The molecular weight excluding hydrogens is 401 g/mol. The van der Waals surface area contributed by atoms with Crippen molar-refractivity contribution in [3.05, 3.63) is 40.4 Å². The van der Waals surface area contributed by atoms with Crippen molar-refractivity contribution in [3.63, 3.8) is 0 Å². The molecule has 0 bridgehead atoms. The molecule has 0 aliphatic carbocycles. The predicted octanol–water partition coefficient (Wildman–Crippen LogP) is 5.78. The van der Waals surface area contributed by atoms with Crippen molar-refractivity contribution in [2.45, 2.75) is 45.6 Å². The maximum Gasteiger partial charge on any atom is 0.410 e. The summed E-state index contributed by atoms with van der Waals surface area (Å²) < 4.78 is 11.1. The molecule has 28 heavy (non-hydrogen) atoms. The van der Waals surface area contributed by atoms with Crippen molar-refractivity contribution < 1.29 is 19.1 Å².